The minimum Gasteiger partial charge on any atom is -0.444 e. The number of ether oxygens (including phenoxy) is 1. The van der Waals surface area contributed by atoms with Crippen molar-refractivity contribution >= 4 is 29.3 Å². The standard InChI is InChI=1S/C18H24N4O4/c1-18(2,3)26-17(25)21-8-6-20(7-9-21)15-5-4-13(11-19-15)22-12-14(23)10-16(22)24/h4-5,11H,6-10,12H2,1-3H3. The first kappa shape index (κ1) is 18.2. The van der Waals surface area contributed by atoms with Gasteiger partial charge in [-0.15, -0.1) is 0 Å². The van der Waals surface area contributed by atoms with Gasteiger partial charge in [0.15, 0.2) is 5.78 Å². The van der Waals surface area contributed by atoms with Crippen LogP contribution in [0.5, 0.6) is 0 Å². The molecule has 0 N–H and O–H groups in total. The van der Waals surface area contributed by atoms with E-state index in [9.17, 15) is 14.4 Å². The van der Waals surface area contributed by atoms with E-state index in [0.717, 1.165) is 5.82 Å². The first-order valence-electron chi connectivity index (χ1n) is 8.74. The number of rotatable bonds is 2. The highest BCUT2D eigenvalue weighted by Crippen LogP contribution is 2.22. The molecule has 0 aromatic carbocycles. The van der Waals surface area contributed by atoms with E-state index in [0.29, 0.717) is 31.9 Å². The Morgan fingerprint density at radius 2 is 1.81 bits per heavy atom. The molecule has 1 aromatic rings. The van der Waals surface area contributed by atoms with Gasteiger partial charge in [0.25, 0.3) is 0 Å². The second-order valence-corrected chi connectivity index (χ2v) is 7.52. The lowest BCUT2D eigenvalue weighted by atomic mass is 10.2. The van der Waals surface area contributed by atoms with Crippen molar-refractivity contribution in [3.05, 3.63) is 18.3 Å². The summed E-state index contributed by atoms with van der Waals surface area (Å²) >= 11 is 0. The number of carbonyl (C=O) groups is 3. The maximum absolute atomic E-state index is 12.1. The highest BCUT2D eigenvalue weighted by Gasteiger charge is 2.29. The average molecular weight is 360 g/mol. The molecule has 2 fully saturated rings. The van der Waals surface area contributed by atoms with Gasteiger partial charge in [-0.1, -0.05) is 0 Å². The van der Waals surface area contributed by atoms with E-state index in [4.69, 9.17) is 4.74 Å². The largest absolute Gasteiger partial charge is 0.444 e. The Morgan fingerprint density at radius 1 is 1.12 bits per heavy atom. The Labute approximate surface area is 152 Å². The number of aromatic nitrogens is 1. The van der Waals surface area contributed by atoms with Crippen LogP contribution in [-0.2, 0) is 14.3 Å². The monoisotopic (exact) mass is 360 g/mol. The molecule has 1 aromatic heterocycles. The predicted molar refractivity (Wildman–Crippen MR) is 96.2 cm³/mol. The molecule has 2 saturated heterocycles. The lowest BCUT2D eigenvalue weighted by Gasteiger charge is -2.36. The smallest absolute Gasteiger partial charge is 0.410 e. The van der Waals surface area contributed by atoms with Gasteiger partial charge in [-0.3, -0.25) is 9.59 Å². The Kier molecular flexibility index (Phi) is 4.84. The third-order valence-electron chi connectivity index (χ3n) is 4.28. The van der Waals surface area contributed by atoms with Crippen LogP contribution < -0.4 is 9.80 Å². The topological polar surface area (TPSA) is 83.0 Å². The molecule has 8 heteroatoms. The normalized spacial score (nSPS) is 18.5. The summed E-state index contributed by atoms with van der Waals surface area (Å²) in [4.78, 5) is 45.0. The Morgan fingerprint density at radius 3 is 2.31 bits per heavy atom. The number of Topliss-reactive ketones (excluding diaryl/α,β-unsaturated/α-hetero) is 1. The summed E-state index contributed by atoms with van der Waals surface area (Å²) < 4.78 is 5.40. The van der Waals surface area contributed by atoms with Crippen LogP contribution in [0.3, 0.4) is 0 Å². The van der Waals surface area contributed by atoms with E-state index in [2.05, 4.69) is 9.88 Å². The molecule has 3 heterocycles. The number of piperazine rings is 1. The van der Waals surface area contributed by atoms with Crippen LogP contribution in [0.4, 0.5) is 16.3 Å². The minimum atomic E-state index is -0.500. The van der Waals surface area contributed by atoms with Gasteiger partial charge < -0.3 is 19.4 Å². The van der Waals surface area contributed by atoms with Gasteiger partial charge in [-0.05, 0) is 32.9 Å². The first-order chi connectivity index (χ1) is 12.2. The maximum Gasteiger partial charge on any atom is 0.410 e. The fourth-order valence-electron chi connectivity index (χ4n) is 2.99. The molecule has 0 atom stereocenters. The molecule has 0 radical (unpaired) electrons. The molecular formula is C18H24N4O4. The third kappa shape index (κ3) is 4.12. The zero-order chi connectivity index (χ0) is 18.9. The summed E-state index contributed by atoms with van der Waals surface area (Å²) in [5.41, 5.74) is 0.136. The Bertz CT molecular complexity index is 703. The first-order valence-corrected chi connectivity index (χ1v) is 8.74. The van der Waals surface area contributed by atoms with Crippen molar-refractivity contribution < 1.29 is 19.1 Å². The SMILES string of the molecule is CC(C)(C)OC(=O)N1CCN(c2ccc(N3CC(=O)CC3=O)cn2)CC1. The molecule has 2 aliphatic rings. The number of carbonyl (C=O) groups excluding carboxylic acids is 3. The average Bonchev–Trinajstić information content (AvgIpc) is 2.92. The second-order valence-electron chi connectivity index (χ2n) is 7.52. The summed E-state index contributed by atoms with van der Waals surface area (Å²) in [7, 11) is 0. The highest BCUT2D eigenvalue weighted by atomic mass is 16.6. The molecule has 8 nitrogen and oxygen atoms in total. The van der Waals surface area contributed by atoms with Gasteiger partial charge in [0.1, 0.15) is 11.4 Å². The molecule has 0 bridgehead atoms. The van der Waals surface area contributed by atoms with Crippen LogP contribution in [0.2, 0.25) is 0 Å². The fraction of sp³-hybridized carbons (Fsp3) is 0.556. The van der Waals surface area contributed by atoms with Gasteiger partial charge in [-0.2, -0.15) is 0 Å². The molecule has 2 amide bonds. The predicted octanol–water partition coefficient (Wildman–Crippen LogP) is 1.44. The number of pyridine rings is 1. The van der Waals surface area contributed by atoms with Crippen LogP contribution >= 0.6 is 0 Å². The zero-order valence-electron chi connectivity index (χ0n) is 15.4. The molecule has 140 valence electrons. The Hall–Kier alpha value is -2.64. The molecule has 0 unspecified atom stereocenters. The van der Waals surface area contributed by atoms with E-state index in [1.54, 1.807) is 17.2 Å². The van der Waals surface area contributed by atoms with E-state index in [1.165, 1.54) is 4.90 Å². The van der Waals surface area contributed by atoms with Gasteiger partial charge in [-0.25, -0.2) is 9.78 Å². The van der Waals surface area contributed by atoms with Crippen molar-refractivity contribution in [2.24, 2.45) is 0 Å². The van der Waals surface area contributed by atoms with Gasteiger partial charge in [0.05, 0.1) is 24.8 Å². The van der Waals surface area contributed by atoms with E-state index in [1.807, 2.05) is 26.8 Å². The molecule has 0 aliphatic carbocycles. The van der Waals surface area contributed by atoms with E-state index >= 15 is 0 Å². The van der Waals surface area contributed by atoms with Crippen LogP contribution in [0.15, 0.2) is 18.3 Å². The van der Waals surface area contributed by atoms with Crippen molar-refractivity contribution in [3.8, 4) is 0 Å². The van der Waals surface area contributed by atoms with Crippen LogP contribution in [0.1, 0.15) is 27.2 Å². The van der Waals surface area contributed by atoms with Crippen LogP contribution in [-0.4, -0.2) is 66.0 Å². The number of hydrogen-bond donors (Lipinski definition) is 0. The Balaban J connectivity index is 1.57. The van der Waals surface area contributed by atoms with E-state index in [-0.39, 0.29) is 30.7 Å². The number of ketones is 1. The quantitative estimate of drug-likeness (QED) is 0.742. The maximum atomic E-state index is 12.1. The summed E-state index contributed by atoms with van der Waals surface area (Å²) in [6, 6.07) is 3.65. The third-order valence-corrected chi connectivity index (χ3v) is 4.28. The minimum absolute atomic E-state index is 0.0334. The molecule has 26 heavy (non-hydrogen) atoms. The number of hydrogen-bond acceptors (Lipinski definition) is 6. The summed E-state index contributed by atoms with van der Waals surface area (Å²) in [5.74, 6) is 0.531. The van der Waals surface area contributed by atoms with Crippen molar-refractivity contribution in [3.63, 3.8) is 0 Å². The van der Waals surface area contributed by atoms with Gasteiger partial charge >= 0.3 is 6.09 Å². The molecule has 2 aliphatic heterocycles. The number of amides is 2. The van der Waals surface area contributed by atoms with E-state index < -0.39 is 5.60 Å². The fourth-order valence-corrected chi connectivity index (χ4v) is 2.99. The number of nitrogens with zero attached hydrogens (tertiary/aromatic N) is 4. The van der Waals surface area contributed by atoms with Crippen LogP contribution in [0, 0.1) is 0 Å². The summed E-state index contributed by atoms with van der Waals surface area (Å²) in [6.45, 7) is 8.13. The molecule has 3 rings (SSSR count). The lowest BCUT2D eigenvalue weighted by Crippen LogP contribution is -2.50. The summed E-state index contributed by atoms with van der Waals surface area (Å²) in [6.07, 6.45) is 1.29. The lowest BCUT2D eigenvalue weighted by molar-refractivity contribution is -0.121. The summed E-state index contributed by atoms with van der Waals surface area (Å²) in [5, 5.41) is 0. The van der Waals surface area contributed by atoms with Crippen molar-refractivity contribution in [2.45, 2.75) is 32.8 Å². The molecular weight excluding hydrogens is 336 g/mol. The molecule has 0 spiro atoms. The van der Waals surface area contributed by atoms with Crippen molar-refractivity contribution in [2.75, 3.05) is 42.5 Å². The van der Waals surface area contributed by atoms with Gasteiger partial charge in [0, 0.05) is 26.2 Å². The van der Waals surface area contributed by atoms with Crippen LogP contribution in [0.25, 0.3) is 0 Å². The molecule has 0 saturated carbocycles. The van der Waals surface area contributed by atoms with Crippen molar-refractivity contribution in [1.29, 1.82) is 0 Å². The van der Waals surface area contributed by atoms with Gasteiger partial charge in [0.2, 0.25) is 5.91 Å². The van der Waals surface area contributed by atoms with Crippen molar-refractivity contribution in [1.82, 2.24) is 9.88 Å². The highest BCUT2D eigenvalue weighted by molar-refractivity contribution is 6.14. The zero-order valence-corrected chi connectivity index (χ0v) is 15.4. The second kappa shape index (κ2) is 6.93. The number of anilines is 2.